The van der Waals surface area contributed by atoms with Gasteiger partial charge >= 0.3 is 5.97 Å². The summed E-state index contributed by atoms with van der Waals surface area (Å²) in [6.07, 6.45) is 6.11. The lowest BCUT2D eigenvalue weighted by Gasteiger charge is -2.11. The van der Waals surface area contributed by atoms with E-state index in [0.717, 1.165) is 12.8 Å². The van der Waals surface area contributed by atoms with Crippen molar-refractivity contribution in [2.75, 3.05) is 6.61 Å². The number of H-pyrrole nitrogens is 1. The molecule has 0 spiro atoms. The Bertz CT molecular complexity index is 356. The van der Waals surface area contributed by atoms with Crippen molar-refractivity contribution < 1.29 is 14.3 Å². The number of aromatic nitrogens is 2. The summed E-state index contributed by atoms with van der Waals surface area (Å²) in [6.45, 7) is 2.13. The number of hydrogen-bond donors (Lipinski definition) is 1. The Morgan fingerprint density at radius 2 is 2.31 bits per heavy atom. The first-order chi connectivity index (χ1) is 7.81. The number of carbonyl (C=O) groups excluding carboxylic acids is 1. The van der Waals surface area contributed by atoms with Crippen LogP contribution in [0.15, 0.2) is 6.20 Å². The van der Waals surface area contributed by atoms with Crippen LogP contribution >= 0.6 is 0 Å². The van der Waals surface area contributed by atoms with Crippen molar-refractivity contribution in [1.82, 2.24) is 10.2 Å². The molecule has 1 aromatic heterocycles. The number of esters is 1. The van der Waals surface area contributed by atoms with Gasteiger partial charge in [-0.25, -0.2) is 9.89 Å². The van der Waals surface area contributed by atoms with Gasteiger partial charge in [0.2, 0.25) is 5.88 Å². The van der Waals surface area contributed by atoms with Crippen molar-refractivity contribution in [3.8, 4) is 5.88 Å². The highest BCUT2D eigenvalue weighted by Crippen LogP contribution is 2.25. The molecule has 1 aliphatic carbocycles. The van der Waals surface area contributed by atoms with Crippen LogP contribution in [0.5, 0.6) is 5.88 Å². The Kier molecular flexibility index (Phi) is 3.44. The van der Waals surface area contributed by atoms with Crippen LogP contribution < -0.4 is 4.74 Å². The maximum Gasteiger partial charge on any atom is 0.345 e. The van der Waals surface area contributed by atoms with E-state index in [1.807, 2.05) is 0 Å². The Hall–Kier alpha value is -1.52. The van der Waals surface area contributed by atoms with Gasteiger partial charge in [-0.1, -0.05) is 0 Å². The van der Waals surface area contributed by atoms with Crippen LogP contribution in [0.4, 0.5) is 0 Å². The standard InChI is InChI=1S/C11H16N2O3/c1-2-15-11(14)9-7-12-13-10(9)16-8-5-3-4-6-8/h7-8H,2-6H2,1H3,(H,12,13). The summed E-state index contributed by atoms with van der Waals surface area (Å²) in [5, 5.41) is 6.52. The molecule has 1 saturated carbocycles. The normalized spacial score (nSPS) is 16.3. The molecule has 1 N–H and O–H groups in total. The van der Waals surface area contributed by atoms with Crippen molar-refractivity contribution in [2.24, 2.45) is 0 Å². The monoisotopic (exact) mass is 224 g/mol. The Morgan fingerprint density at radius 3 is 3.00 bits per heavy atom. The number of aromatic amines is 1. The highest BCUT2D eigenvalue weighted by molar-refractivity contribution is 5.91. The lowest BCUT2D eigenvalue weighted by Crippen LogP contribution is -2.14. The van der Waals surface area contributed by atoms with E-state index in [1.54, 1.807) is 6.92 Å². The third-order valence-corrected chi connectivity index (χ3v) is 2.69. The van der Waals surface area contributed by atoms with E-state index >= 15 is 0 Å². The van der Waals surface area contributed by atoms with E-state index in [-0.39, 0.29) is 12.1 Å². The summed E-state index contributed by atoms with van der Waals surface area (Å²) in [6, 6.07) is 0. The molecule has 5 heteroatoms. The molecule has 0 aliphatic heterocycles. The molecular weight excluding hydrogens is 208 g/mol. The molecule has 1 aromatic rings. The molecule has 1 heterocycles. The second-order valence-corrected chi connectivity index (χ2v) is 3.86. The van der Waals surface area contributed by atoms with E-state index < -0.39 is 0 Å². The molecule has 0 atom stereocenters. The molecule has 1 aliphatic rings. The average Bonchev–Trinajstić information content (AvgIpc) is 2.90. The Balaban J connectivity index is 2.03. The van der Waals surface area contributed by atoms with Gasteiger partial charge in [-0.3, -0.25) is 0 Å². The highest BCUT2D eigenvalue weighted by Gasteiger charge is 2.22. The van der Waals surface area contributed by atoms with Gasteiger partial charge in [-0.2, -0.15) is 5.10 Å². The van der Waals surface area contributed by atoms with Gasteiger partial charge in [0.1, 0.15) is 11.7 Å². The van der Waals surface area contributed by atoms with Gasteiger partial charge in [0.15, 0.2) is 0 Å². The minimum Gasteiger partial charge on any atom is -0.474 e. The second kappa shape index (κ2) is 5.01. The van der Waals surface area contributed by atoms with Crippen molar-refractivity contribution >= 4 is 5.97 Å². The van der Waals surface area contributed by atoms with Crippen LogP contribution in [0.25, 0.3) is 0 Å². The number of carbonyl (C=O) groups is 1. The predicted molar refractivity (Wildman–Crippen MR) is 57.4 cm³/mol. The SMILES string of the molecule is CCOC(=O)c1cn[nH]c1OC1CCCC1. The number of nitrogens with zero attached hydrogens (tertiary/aromatic N) is 1. The van der Waals surface area contributed by atoms with Crippen LogP contribution in [-0.4, -0.2) is 28.9 Å². The number of rotatable bonds is 4. The number of ether oxygens (including phenoxy) is 2. The minimum atomic E-state index is -0.385. The number of nitrogens with one attached hydrogen (secondary N) is 1. The molecular formula is C11H16N2O3. The first-order valence-electron chi connectivity index (χ1n) is 5.68. The minimum absolute atomic E-state index is 0.202. The Morgan fingerprint density at radius 1 is 1.56 bits per heavy atom. The lowest BCUT2D eigenvalue weighted by atomic mass is 10.3. The summed E-state index contributed by atoms with van der Waals surface area (Å²) in [7, 11) is 0. The largest absolute Gasteiger partial charge is 0.474 e. The van der Waals surface area contributed by atoms with Crippen molar-refractivity contribution in [1.29, 1.82) is 0 Å². The van der Waals surface area contributed by atoms with Crippen LogP contribution in [0, 0.1) is 0 Å². The summed E-state index contributed by atoms with van der Waals surface area (Å²) >= 11 is 0. The van der Waals surface area contributed by atoms with E-state index in [9.17, 15) is 4.79 Å². The molecule has 0 radical (unpaired) electrons. The highest BCUT2D eigenvalue weighted by atomic mass is 16.5. The first kappa shape index (κ1) is 11.0. The molecule has 16 heavy (non-hydrogen) atoms. The van der Waals surface area contributed by atoms with E-state index in [1.165, 1.54) is 19.0 Å². The summed E-state index contributed by atoms with van der Waals surface area (Å²) in [5.74, 6) is 0.0506. The number of hydrogen-bond acceptors (Lipinski definition) is 4. The topological polar surface area (TPSA) is 64.2 Å². The Labute approximate surface area is 94.1 Å². The van der Waals surface area contributed by atoms with Crippen LogP contribution in [0.2, 0.25) is 0 Å². The quantitative estimate of drug-likeness (QED) is 0.793. The summed E-state index contributed by atoms with van der Waals surface area (Å²) in [4.78, 5) is 11.5. The van der Waals surface area contributed by atoms with E-state index in [2.05, 4.69) is 10.2 Å². The summed E-state index contributed by atoms with van der Waals surface area (Å²) in [5.41, 5.74) is 0.383. The zero-order valence-corrected chi connectivity index (χ0v) is 9.36. The van der Waals surface area contributed by atoms with E-state index in [4.69, 9.17) is 9.47 Å². The van der Waals surface area contributed by atoms with Gasteiger partial charge in [0.25, 0.3) is 0 Å². The van der Waals surface area contributed by atoms with Gasteiger partial charge in [-0.15, -0.1) is 0 Å². The van der Waals surface area contributed by atoms with Gasteiger partial charge in [0, 0.05) is 0 Å². The van der Waals surface area contributed by atoms with Gasteiger partial charge in [-0.05, 0) is 32.6 Å². The van der Waals surface area contributed by atoms with Gasteiger partial charge in [0.05, 0.1) is 12.8 Å². The van der Waals surface area contributed by atoms with Crippen molar-refractivity contribution in [3.63, 3.8) is 0 Å². The van der Waals surface area contributed by atoms with Gasteiger partial charge < -0.3 is 9.47 Å². The third kappa shape index (κ3) is 2.35. The summed E-state index contributed by atoms with van der Waals surface area (Å²) < 4.78 is 10.6. The third-order valence-electron chi connectivity index (χ3n) is 2.69. The zero-order valence-electron chi connectivity index (χ0n) is 9.36. The predicted octanol–water partition coefficient (Wildman–Crippen LogP) is 1.91. The van der Waals surface area contributed by atoms with Crippen LogP contribution in [-0.2, 0) is 4.74 Å². The molecule has 2 rings (SSSR count). The fraction of sp³-hybridized carbons (Fsp3) is 0.636. The van der Waals surface area contributed by atoms with Crippen molar-refractivity contribution in [3.05, 3.63) is 11.8 Å². The average molecular weight is 224 g/mol. The fourth-order valence-electron chi connectivity index (χ4n) is 1.89. The molecule has 0 unspecified atom stereocenters. The lowest BCUT2D eigenvalue weighted by molar-refractivity contribution is 0.0519. The molecule has 88 valence electrons. The van der Waals surface area contributed by atoms with Crippen LogP contribution in [0.1, 0.15) is 43.0 Å². The fourth-order valence-corrected chi connectivity index (χ4v) is 1.89. The zero-order chi connectivity index (χ0) is 11.4. The first-order valence-corrected chi connectivity index (χ1v) is 5.68. The molecule has 5 nitrogen and oxygen atoms in total. The second-order valence-electron chi connectivity index (χ2n) is 3.86. The molecule has 0 saturated heterocycles. The van der Waals surface area contributed by atoms with E-state index in [0.29, 0.717) is 18.1 Å². The van der Waals surface area contributed by atoms with Crippen molar-refractivity contribution in [2.45, 2.75) is 38.7 Å². The molecule has 0 aromatic carbocycles. The molecule has 1 fully saturated rings. The molecule has 0 amide bonds. The maximum atomic E-state index is 11.5. The molecule has 0 bridgehead atoms. The smallest absolute Gasteiger partial charge is 0.345 e. The maximum absolute atomic E-state index is 11.5. The van der Waals surface area contributed by atoms with Crippen LogP contribution in [0.3, 0.4) is 0 Å².